The molecule has 0 bridgehead atoms. The van der Waals surface area contributed by atoms with E-state index in [-0.39, 0.29) is 6.61 Å². The lowest BCUT2D eigenvalue weighted by Crippen LogP contribution is -2.35. The molecule has 1 saturated heterocycles. The number of methoxy groups -OCH3 is 1. The first kappa shape index (κ1) is 16.8. The molecule has 2 aromatic heterocycles. The summed E-state index contributed by atoms with van der Waals surface area (Å²) in [6.07, 6.45) is 3.95. The molecular weight excluding hydrogens is 304 g/mol. The van der Waals surface area contributed by atoms with Crippen molar-refractivity contribution in [2.45, 2.75) is 38.8 Å². The van der Waals surface area contributed by atoms with E-state index in [1.165, 1.54) is 0 Å². The highest BCUT2D eigenvalue weighted by Gasteiger charge is 2.25. The number of piperidine rings is 1. The third-order valence-electron chi connectivity index (χ3n) is 4.46. The highest BCUT2D eigenvalue weighted by atomic mass is 16.5. The predicted octanol–water partition coefficient (Wildman–Crippen LogP) is 2.06. The van der Waals surface area contributed by atoms with Crippen LogP contribution in [0, 0.1) is 6.92 Å². The summed E-state index contributed by atoms with van der Waals surface area (Å²) in [6, 6.07) is 5.86. The summed E-state index contributed by atoms with van der Waals surface area (Å²) < 4.78 is 5.20. The molecule has 3 heterocycles. The number of ether oxygens (including phenoxy) is 1. The Kier molecular flexibility index (Phi) is 5.37. The van der Waals surface area contributed by atoms with E-state index in [1.807, 2.05) is 25.1 Å². The summed E-state index contributed by atoms with van der Waals surface area (Å²) in [4.78, 5) is 15.7. The van der Waals surface area contributed by atoms with Gasteiger partial charge in [0.05, 0.1) is 25.1 Å². The average molecular weight is 328 g/mol. The minimum absolute atomic E-state index is 0.0104. The molecule has 0 aliphatic carbocycles. The number of aliphatic hydroxyl groups excluding tert-OH is 1. The fourth-order valence-electron chi connectivity index (χ4n) is 3.30. The molecule has 1 aliphatic rings. The molecule has 0 radical (unpaired) electrons. The van der Waals surface area contributed by atoms with Gasteiger partial charge in [-0.2, -0.15) is 0 Å². The monoisotopic (exact) mass is 328 g/mol. The second kappa shape index (κ2) is 7.68. The van der Waals surface area contributed by atoms with Crippen molar-refractivity contribution in [3.8, 4) is 5.88 Å². The highest BCUT2D eigenvalue weighted by molar-refractivity contribution is 5.22. The Labute approximate surface area is 142 Å². The van der Waals surface area contributed by atoms with Crippen LogP contribution in [0.15, 0.2) is 24.4 Å². The van der Waals surface area contributed by atoms with Crippen LogP contribution in [-0.2, 0) is 13.2 Å². The SMILES string of the molecule is COc1cccc(CN2CCCC(c3nc(C)ncc3CO)C2)n1. The Morgan fingerprint density at radius 1 is 1.33 bits per heavy atom. The minimum atomic E-state index is -0.0104. The maximum atomic E-state index is 9.58. The largest absolute Gasteiger partial charge is 0.481 e. The van der Waals surface area contributed by atoms with Crippen molar-refractivity contribution in [1.82, 2.24) is 19.9 Å². The van der Waals surface area contributed by atoms with E-state index >= 15 is 0 Å². The maximum absolute atomic E-state index is 9.58. The molecule has 6 nitrogen and oxygen atoms in total. The number of hydrogen-bond donors (Lipinski definition) is 1. The molecule has 24 heavy (non-hydrogen) atoms. The Morgan fingerprint density at radius 2 is 2.21 bits per heavy atom. The van der Waals surface area contributed by atoms with Crippen molar-refractivity contribution in [2.75, 3.05) is 20.2 Å². The van der Waals surface area contributed by atoms with Crippen molar-refractivity contribution in [3.63, 3.8) is 0 Å². The molecule has 1 aliphatic heterocycles. The van der Waals surface area contributed by atoms with E-state index < -0.39 is 0 Å². The van der Waals surface area contributed by atoms with Gasteiger partial charge in [0, 0.05) is 36.8 Å². The van der Waals surface area contributed by atoms with Crippen molar-refractivity contribution in [1.29, 1.82) is 0 Å². The molecule has 1 atom stereocenters. The van der Waals surface area contributed by atoms with Crippen molar-refractivity contribution < 1.29 is 9.84 Å². The van der Waals surface area contributed by atoms with Crippen LogP contribution in [0.5, 0.6) is 5.88 Å². The van der Waals surface area contributed by atoms with Gasteiger partial charge in [-0.1, -0.05) is 6.07 Å². The number of likely N-dealkylation sites (tertiary alicyclic amines) is 1. The Morgan fingerprint density at radius 3 is 3.00 bits per heavy atom. The topological polar surface area (TPSA) is 71.4 Å². The van der Waals surface area contributed by atoms with Crippen LogP contribution < -0.4 is 4.74 Å². The summed E-state index contributed by atoms with van der Waals surface area (Å²) in [6.45, 7) is 4.65. The number of pyridine rings is 1. The fourth-order valence-corrected chi connectivity index (χ4v) is 3.30. The molecule has 1 fully saturated rings. The quantitative estimate of drug-likeness (QED) is 0.906. The van der Waals surface area contributed by atoms with Gasteiger partial charge in [0.1, 0.15) is 5.82 Å². The third kappa shape index (κ3) is 3.88. The van der Waals surface area contributed by atoms with E-state index in [2.05, 4.69) is 19.9 Å². The zero-order chi connectivity index (χ0) is 16.9. The molecule has 3 rings (SSSR count). The lowest BCUT2D eigenvalue weighted by Gasteiger charge is -2.33. The standard InChI is InChI=1S/C18H24N4O2/c1-13-19-9-15(12-23)18(20-13)14-5-4-8-22(10-14)11-16-6-3-7-17(21-16)24-2/h3,6-7,9,14,23H,4-5,8,10-12H2,1-2H3. The molecular formula is C18H24N4O2. The van der Waals surface area contributed by atoms with Crippen LogP contribution in [0.4, 0.5) is 0 Å². The summed E-state index contributed by atoms with van der Waals surface area (Å²) >= 11 is 0. The maximum Gasteiger partial charge on any atom is 0.213 e. The Balaban J connectivity index is 1.73. The van der Waals surface area contributed by atoms with Gasteiger partial charge < -0.3 is 9.84 Å². The minimum Gasteiger partial charge on any atom is -0.481 e. The van der Waals surface area contributed by atoms with Gasteiger partial charge in [0.2, 0.25) is 5.88 Å². The van der Waals surface area contributed by atoms with Gasteiger partial charge in [-0.3, -0.25) is 4.90 Å². The van der Waals surface area contributed by atoms with Crippen molar-refractivity contribution in [3.05, 3.63) is 47.2 Å². The molecule has 1 N–H and O–H groups in total. The molecule has 0 spiro atoms. The van der Waals surface area contributed by atoms with Crippen LogP contribution >= 0.6 is 0 Å². The normalized spacial score (nSPS) is 18.5. The average Bonchev–Trinajstić information content (AvgIpc) is 2.62. The summed E-state index contributed by atoms with van der Waals surface area (Å²) in [5, 5.41) is 9.58. The van der Waals surface area contributed by atoms with Gasteiger partial charge in [-0.15, -0.1) is 0 Å². The number of aryl methyl sites for hydroxylation is 1. The van der Waals surface area contributed by atoms with E-state index in [0.717, 1.165) is 55.3 Å². The Hall–Kier alpha value is -2.05. The first-order valence-corrected chi connectivity index (χ1v) is 8.35. The van der Waals surface area contributed by atoms with Gasteiger partial charge in [-0.05, 0) is 32.4 Å². The molecule has 6 heteroatoms. The zero-order valence-corrected chi connectivity index (χ0v) is 14.3. The van der Waals surface area contributed by atoms with Crippen LogP contribution in [0.3, 0.4) is 0 Å². The number of aromatic nitrogens is 3. The van der Waals surface area contributed by atoms with E-state index in [0.29, 0.717) is 11.8 Å². The lowest BCUT2D eigenvalue weighted by molar-refractivity contribution is 0.193. The van der Waals surface area contributed by atoms with Crippen LogP contribution in [0.1, 0.15) is 41.5 Å². The van der Waals surface area contributed by atoms with Crippen LogP contribution in [0.2, 0.25) is 0 Å². The molecule has 0 saturated carbocycles. The number of nitrogens with zero attached hydrogens (tertiary/aromatic N) is 4. The second-order valence-electron chi connectivity index (χ2n) is 6.23. The van der Waals surface area contributed by atoms with Gasteiger partial charge in [-0.25, -0.2) is 15.0 Å². The number of rotatable bonds is 5. The first-order chi connectivity index (χ1) is 11.7. The predicted molar refractivity (Wildman–Crippen MR) is 90.7 cm³/mol. The third-order valence-corrected chi connectivity index (χ3v) is 4.46. The molecule has 0 amide bonds. The first-order valence-electron chi connectivity index (χ1n) is 8.35. The molecule has 128 valence electrons. The lowest BCUT2D eigenvalue weighted by atomic mass is 9.92. The molecule has 2 aromatic rings. The smallest absolute Gasteiger partial charge is 0.213 e. The second-order valence-corrected chi connectivity index (χ2v) is 6.23. The zero-order valence-electron chi connectivity index (χ0n) is 14.3. The summed E-state index contributed by atoms with van der Waals surface area (Å²) in [5.74, 6) is 1.73. The van der Waals surface area contributed by atoms with E-state index in [4.69, 9.17) is 4.74 Å². The van der Waals surface area contributed by atoms with Gasteiger partial charge in [0.15, 0.2) is 0 Å². The van der Waals surface area contributed by atoms with Crippen LogP contribution in [-0.4, -0.2) is 45.2 Å². The molecule has 0 aromatic carbocycles. The van der Waals surface area contributed by atoms with Gasteiger partial charge >= 0.3 is 0 Å². The number of hydrogen-bond acceptors (Lipinski definition) is 6. The van der Waals surface area contributed by atoms with E-state index in [1.54, 1.807) is 13.3 Å². The van der Waals surface area contributed by atoms with Crippen molar-refractivity contribution >= 4 is 0 Å². The Bertz CT molecular complexity index is 692. The number of aliphatic hydroxyl groups is 1. The summed E-state index contributed by atoms with van der Waals surface area (Å²) in [5.41, 5.74) is 2.84. The van der Waals surface area contributed by atoms with Crippen molar-refractivity contribution in [2.24, 2.45) is 0 Å². The molecule has 1 unspecified atom stereocenters. The van der Waals surface area contributed by atoms with Gasteiger partial charge in [0.25, 0.3) is 0 Å². The van der Waals surface area contributed by atoms with E-state index in [9.17, 15) is 5.11 Å². The summed E-state index contributed by atoms with van der Waals surface area (Å²) in [7, 11) is 1.64. The highest BCUT2D eigenvalue weighted by Crippen LogP contribution is 2.28. The van der Waals surface area contributed by atoms with Crippen LogP contribution in [0.25, 0.3) is 0 Å². The fraction of sp³-hybridized carbons (Fsp3) is 0.500.